The quantitative estimate of drug-likeness (QED) is 0.281. The summed E-state index contributed by atoms with van der Waals surface area (Å²) in [5, 5.41) is 2.99. The summed E-state index contributed by atoms with van der Waals surface area (Å²) < 4.78 is 11.5. The molecule has 1 amide bonds. The Kier molecular flexibility index (Phi) is 9.37. The highest BCUT2D eigenvalue weighted by molar-refractivity contribution is 6.08. The van der Waals surface area contributed by atoms with Gasteiger partial charge in [-0.15, -0.1) is 0 Å². The van der Waals surface area contributed by atoms with Crippen molar-refractivity contribution in [2.24, 2.45) is 5.92 Å². The molecular weight excluding hydrogens is 466 g/mol. The fourth-order valence-corrected chi connectivity index (χ4v) is 5.54. The average Bonchev–Trinajstić information content (AvgIpc) is 2.87. The van der Waals surface area contributed by atoms with Crippen LogP contribution in [0.4, 0.5) is 5.69 Å². The normalized spacial score (nSPS) is 21.5. The second kappa shape index (κ2) is 12.9. The highest BCUT2D eigenvalue weighted by Gasteiger charge is 2.48. The van der Waals surface area contributed by atoms with Crippen LogP contribution in [0.1, 0.15) is 93.2 Å². The number of benzene rings is 2. The molecule has 37 heavy (non-hydrogen) atoms. The van der Waals surface area contributed by atoms with Gasteiger partial charge in [-0.25, -0.2) is 0 Å². The molecule has 0 spiro atoms. The topological polar surface area (TPSA) is 81.7 Å². The molecule has 1 aliphatic carbocycles. The number of ether oxygens (including phenoxy) is 2. The summed E-state index contributed by atoms with van der Waals surface area (Å²) in [6.07, 6.45) is 11.8. The summed E-state index contributed by atoms with van der Waals surface area (Å²) in [6.45, 7) is 3.84. The lowest BCUT2D eigenvalue weighted by Crippen LogP contribution is -2.44. The molecule has 1 saturated carbocycles. The van der Waals surface area contributed by atoms with E-state index in [-0.39, 0.29) is 6.10 Å². The number of anilines is 1. The standard InChI is InChI=1S/C31H39NO5/c1-21-15-14-16-22(2)28(21)32-29(33)26-24-19-12-13-20-25(24)37-31(35)27(26)30(34)36-23-17-10-8-6-4-3-5-7-9-11-18-23/h12-16,19-20,23,26-27H,3-11,17-18H2,1-2H3,(H,32,33)/t26-,27+/m1/s1. The Hall–Kier alpha value is -3.15. The first-order valence-electron chi connectivity index (χ1n) is 13.8. The van der Waals surface area contributed by atoms with Crippen molar-refractivity contribution in [1.82, 2.24) is 0 Å². The van der Waals surface area contributed by atoms with Crippen molar-refractivity contribution in [3.05, 3.63) is 59.2 Å². The molecule has 4 rings (SSSR count). The summed E-state index contributed by atoms with van der Waals surface area (Å²) in [4.78, 5) is 40.4. The Bertz CT molecular complexity index is 1080. The van der Waals surface area contributed by atoms with Crippen molar-refractivity contribution in [3.63, 3.8) is 0 Å². The second-order valence-corrected chi connectivity index (χ2v) is 10.5. The molecule has 6 heteroatoms. The van der Waals surface area contributed by atoms with E-state index < -0.39 is 29.7 Å². The van der Waals surface area contributed by atoms with Gasteiger partial charge in [0.15, 0.2) is 5.92 Å². The number of carbonyl (C=O) groups is 3. The zero-order valence-corrected chi connectivity index (χ0v) is 22.1. The number of rotatable bonds is 4. The van der Waals surface area contributed by atoms with Gasteiger partial charge in [-0.2, -0.15) is 0 Å². The van der Waals surface area contributed by atoms with Crippen molar-refractivity contribution in [2.75, 3.05) is 5.32 Å². The Morgan fingerprint density at radius 3 is 1.97 bits per heavy atom. The van der Waals surface area contributed by atoms with E-state index in [2.05, 4.69) is 5.32 Å². The summed E-state index contributed by atoms with van der Waals surface area (Å²) in [6, 6.07) is 12.7. The third kappa shape index (κ3) is 6.79. The van der Waals surface area contributed by atoms with Crippen LogP contribution in [0.25, 0.3) is 0 Å². The summed E-state index contributed by atoms with van der Waals surface area (Å²) >= 11 is 0. The Balaban J connectivity index is 1.57. The highest BCUT2D eigenvalue weighted by atomic mass is 16.6. The van der Waals surface area contributed by atoms with Gasteiger partial charge < -0.3 is 14.8 Å². The van der Waals surface area contributed by atoms with Gasteiger partial charge in [-0.3, -0.25) is 14.4 Å². The molecule has 2 atom stereocenters. The third-order valence-corrected chi connectivity index (χ3v) is 7.65. The first-order valence-corrected chi connectivity index (χ1v) is 13.8. The Morgan fingerprint density at radius 1 is 0.784 bits per heavy atom. The Labute approximate surface area is 220 Å². The van der Waals surface area contributed by atoms with Crippen molar-refractivity contribution in [3.8, 4) is 5.75 Å². The van der Waals surface area contributed by atoms with Gasteiger partial charge in [0, 0.05) is 11.3 Å². The van der Waals surface area contributed by atoms with Crippen molar-refractivity contribution in [1.29, 1.82) is 0 Å². The van der Waals surface area contributed by atoms with Crippen LogP contribution >= 0.6 is 0 Å². The van der Waals surface area contributed by atoms with Crippen LogP contribution in [0.3, 0.4) is 0 Å². The molecule has 1 N–H and O–H groups in total. The number of amides is 1. The van der Waals surface area contributed by atoms with Crippen LogP contribution in [-0.4, -0.2) is 23.9 Å². The molecule has 2 aliphatic rings. The van der Waals surface area contributed by atoms with E-state index in [0.29, 0.717) is 17.0 Å². The molecule has 2 aromatic carbocycles. The van der Waals surface area contributed by atoms with E-state index in [1.54, 1.807) is 24.3 Å². The summed E-state index contributed by atoms with van der Waals surface area (Å²) in [7, 11) is 0. The smallest absolute Gasteiger partial charge is 0.326 e. The number of fused-ring (bicyclic) bond motifs is 1. The lowest BCUT2D eigenvalue weighted by molar-refractivity contribution is -0.165. The predicted octanol–water partition coefficient (Wildman–Crippen LogP) is 6.78. The number of hydrogen-bond donors (Lipinski definition) is 1. The molecule has 0 radical (unpaired) electrons. The Morgan fingerprint density at radius 2 is 1.35 bits per heavy atom. The minimum absolute atomic E-state index is 0.251. The number of hydrogen-bond acceptors (Lipinski definition) is 5. The fourth-order valence-electron chi connectivity index (χ4n) is 5.54. The zero-order valence-electron chi connectivity index (χ0n) is 22.1. The maximum absolute atomic E-state index is 13.7. The lowest BCUT2D eigenvalue weighted by Gasteiger charge is -2.31. The van der Waals surface area contributed by atoms with Crippen molar-refractivity contribution < 1.29 is 23.9 Å². The molecule has 0 saturated heterocycles. The van der Waals surface area contributed by atoms with Gasteiger partial charge in [0.05, 0.1) is 5.92 Å². The number of carbonyl (C=O) groups excluding carboxylic acids is 3. The highest BCUT2D eigenvalue weighted by Crippen LogP contribution is 2.40. The SMILES string of the molecule is Cc1cccc(C)c1NC(=O)[C@@H]1c2ccccc2OC(=O)[C@@H]1C(=O)OC1CCCCCCCCCCC1. The van der Waals surface area contributed by atoms with Gasteiger partial charge in [0.1, 0.15) is 11.9 Å². The van der Waals surface area contributed by atoms with Crippen LogP contribution in [0.5, 0.6) is 5.75 Å². The van der Waals surface area contributed by atoms with Gasteiger partial charge in [0.25, 0.3) is 0 Å². The maximum Gasteiger partial charge on any atom is 0.326 e. The molecule has 1 fully saturated rings. The molecule has 0 aromatic heterocycles. The maximum atomic E-state index is 13.7. The number of aryl methyl sites for hydroxylation is 2. The van der Waals surface area contributed by atoms with Crippen LogP contribution in [0.2, 0.25) is 0 Å². The monoisotopic (exact) mass is 505 g/mol. The number of esters is 2. The lowest BCUT2D eigenvalue weighted by atomic mass is 9.82. The van der Waals surface area contributed by atoms with E-state index in [1.165, 1.54) is 32.1 Å². The zero-order chi connectivity index (χ0) is 26.2. The largest absolute Gasteiger partial charge is 0.462 e. The fraction of sp³-hybridized carbons (Fsp3) is 0.516. The van der Waals surface area contributed by atoms with Crippen molar-refractivity contribution >= 4 is 23.5 Å². The van der Waals surface area contributed by atoms with E-state index in [1.807, 2.05) is 32.0 Å². The molecule has 1 aliphatic heterocycles. The van der Waals surface area contributed by atoms with E-state index >= 15 is 0 Å². The molecule has 0 unspecified atom stereocenters. The number of nitrogens with one attached hydrogen (secondary N) is 1. The molecule has 1 heterocycles. The molecule has 198 valence electrons. The van der Waals surface area contributed by atoms with Crippen molar-refractivity contribution in [2.45, 2.75) is 96.5 Å². The molecule has 0 bridgehead atoms. The average molecular weight is 506 g/mol. The van der Waals surface area contributed by atoms with Gasteiger partial charge >= 0.3 is 11.9 Å². The first kappa shape index (κ1) is 26.9. The van der Waals surface area contributed by atoms with Crippen LogP contribution in [0.15, 0.2) is 42.5 Å². The third-order valence-electron chi connectivity index (χ3n) is 7.65. The summed E-state index contributed by atoms with van der Waals surface area (Å²) in [5.74, 6) is -3.89. The second-order valence-electron chi connectivity index (χ2n) is 10.5. The van der Waals surface area contributed by atoms with Gasteiger partial charge in [0.2, 0.25) is 5.91 Å². The predicted molar refractivity (Wildman–Crippen MR) is 144 cm³/mol. The van der Waals surface area contributed by atoms with Crippen LogP contribution in [0, 0.1) is 19.8 Å². The molecule has 6 nitrogen and oxygen atoms in total. The minimum Gasteiger partial charge on any atom is -0.462 e. The van der Waals surface area contributed by atoms with Crippen LogP contribution in [-0.2, 0) is 19.1 Å². The van der Waals surface area contributed by atoms with E-state index in [0.717, 1.165) is 49.7 Å². The summed E-state index contributed by atoms with van der Waals surface area (Å²) in [5.41, 5.74) is 3.03. The minimum atomic E-state index is -1.35. The van der Waals surface area contributed by atoms with E-state index in [9.17, 15) is 14.4 Å². The van der Waals surface area contributed by atoms with Gasteiger partial charge in [-0.05, 0) is 56.7 Å². The first-order chi connectivity index (χ1) is 18.0. The molecule has 2 aromatic rings. The molecular formula is C31H39NO5. The van der Waals surface area contributed by atoms with Gasteiger partial charge in [-0.1, -0.05) is 81.3 Å². The number of para-hydroxylation sites is 2. The van der Waals surface area contributed by atoms with Crippen LogP contribution < -0.4 is 10.1 Å². The van der Waals surface area contributed by atoms with E-state index in [4.69, 9.17) is 9.47 Å².